The van der Waals surface area contributed by atoms with Gasteiger partial charge in [0.15, 0.2) is 5.78 Å². The number of rotatable bonds is 4. The van der Waals surface area contributed by atoms with Crippen molar-refractivity contribution in [2.45, 2.75) is 32.6 Å². The van der Waals surface area contributed by atoms with Gasteiger partial charge in [0.05, 0.1) is 6.42 Å². The first-order valence-corrected chi connectivity index (χ1v) is 5.95. The van der Waals surface area contributed by atoms with Crippen LogP contribution in [-0.2, 0) is 17.6 Å². The molecule has 1 aromatic rings. The second-order valence-corrected chi connectivity index (χ2v) is 4.70. The quantitative estimate of drug-likeness (QED) is 0.811. The van der Waals surface area contributed by atoms with Crippen molar-refractivity contribution >= 4 is 11.8 Å². The summed E-state index contributed by atoms with van der Waals surface area (Å²) < 4.78 is 0. The van der Waals surface area contributed by atoms with Crippen LogP contribution in [-0.4, -0.2) is 16.9 Å². The topological polar surface area (TPSA) is 54.4 Å². The zero-order valence-electron chi connectivity index (χ0n) is 9.90. The van der Waals surface area contributed by atoms with Crippen molar-refractivity contribution in [1.82, 2.24) is 0 Å². The minimum atomic E-state index is -0.924. The highest BCUT2D eigenvalue weighted by atomic mass is 16.4. The molecule has 1 atom stereocenters. The monoisotopic (exact) mass is 232 g/mol. The maximum atomic E-state index is 12.0. The molecule has 1 unspecified atom stereocenters. The molecule has 0 amide bonds. The molecule has 0 saturated carbocycles. The van der Waals surface area contributed by atoms with Crippen LogP contribution in [0.15, 0.2) is 18.2 Å². The fourth-order valence-electron chi connectivity index (χ4n) is 2.36. The van der Waals surface area contributed by atoms with Crippen molar-refractivity contribution in [3.8, 4) is 0 Å². The average Bonchev–Trinajstić information content (AvgIpc) is 2.73. The third-order valence-electron chi connectivity index (χ3n) is 3.31. The number of hydrogen-bond donors (Lipinski definition) is 1. The standard InChI is InChI=1S/C14H16O3/c1-9(7-13(15)16)14(17)12-6-5-10-3-2-4-11(10)8-12/h5-6,8-9H,2-4,7H2,1H3,(H,15,16). The Morgan fingerprint density at radius 1 is 1.29 bits per heavy atom. The summed E-state index contributed by atoms with van der Waals surface area (Å²) in [6.45, 7) is 1.67. The van der Waals surface area contributed by atoms with E-state index < -0.39 is 11.9 Å². The van der Waals surface area contributed by atoms with Crippen LogP contribution in [0.3, 0.4) is 0 Å². The summed E-state index contributed by atoms with van der Waals surface area (Å²) in [5.41, 5.74) is 3.23. The number of Topliss-reactive ketones (excluding diaryl/α,β-unsaturated/α-hetero) is 1. The molecule has 1 aliphatic carbocycles. The Hall–Kier alpha value is -1.64. The molecule has 1 aromatic carbocycles. The number of carbonyl (C=O) groups is 2. The van der Waals surface area contributed by atoms with Crippen molar-refractivity contribution in [3.05, 3.63) is 34.9 Å². The number of fused-ring (bicyclic) bond motifs is 1. The molecule has 1 N–H and O–H groups in total. The fourth-order valence-corrected chi connectivity index (χ4v) is 2.36. The Kier molecular flexibility index (Phi) is 3.27. The molecule has 0 radical (unpaired) electrons. The second-order valence-electron chi connectivity index (χ2n) is 4.70. The molecule has 3 heteroatoms. The number of ketones is 1. The zero-order chi connectivity index (χ0) is 12.4. The molecule has 3 nitrogen and oxygen atoms in total. The Morgan fingerprint density at radius 2 is 2.00 bits per heavy atom. The molecular weight excluding hydrogens is 216 g/mol. The lowest BCUT2D eigenvalue weighted by atomic mass is 9.94. The fraction of sp³-hybridized carbons (Fsp3) is 0.429. The summed E-state index contributed by atoms with van der Waals surface area (Å²) >= 11 is 0. The summed E-state index contributed by atoms with van der Waals surface area (Å²) in [7, 11) is 0. The van der Waals surface area contributed by atoms with Crippen molar-refractivity contribution < 1.29 is 14.7 Å². The highest BCUT2D eigenvalue weighted by Crippen LogP contribution is 2.24. The van der Waals surface area contributed by atoms with Gasteiger partial charge in [0.1, 0.15) is 0 Å². The van der Waals surface area contributed by atoms with Gasteiger partial charge in [-0.25, -0.2) is 0 Å². The summed E-state index contributed by atoms with van der Waals surface area (Å²) in [5, 5.41) is 8.68. The molecule has 0 aliphatic heterocycles. The van der Waals surface area contributed by atoms with Crippen molar-refractivity contribution in [2.24, 2.45) is 5.92 Å². The van der Waals surface area contributed by atoms with Crippen LogP contribution < -0.4 is 0 Å². The highest BCUT2D eigenvalue weighted by molar-refractivity contribution is 5.99. The Bertz CT molecular complexity index is 463. The first kappa shape index (κ1) is 11.8. The van der Waals surface area contributed by atoms with Crippen LogP contribution in [0.4, 0.5) is 0 Å². The molecule has 17 heavy (non-hydrogen) atoms. The van der Waals surface area contributed by atoms with E-state index in [1.807, 2.05) is 18.2 Å². The molecule has 0 aromatic heterocycles. The normalized spacial score (nSPS) is 15.4. The van der Waals surface area contributed by atoms with E-state index in [9.17, 15) is 9.59 Å². The number of carbonyl (C=O) groups excluding carboxylic acids is 1. The Labute approximate surface area is 100 Å². The number of aliphatic carboxylic acids is 1. The van der Waals surface area contributed by atoms with Crippen molar-refractivity contribution in [3.63, 3.8) is 0 Å². The van der Waals surface area contributed by atoms with Crippen LogP contribution in [0.1, 0.15) is 41.3 Å². The van der Waals surface area contributed by atoms with Gasteiger partial charge >= 0.3 is 5.97 Å². The van der Waals surface area contributed by atoms with Crippen molar-refractivity contribution in [2.75, 3.05) is 0 Å². The van der Waals surface area contributed by atoms with Gasteiger partial charge in [-0.2, -0.15) is 0 Å². The van der Waals surface area contributed by atoms with Gasteiger partial charge in [0, 0.05) is 11.5 Å². The van der Waals surface area contributed by atoms with Gasteiger partial charge in [-0.15, -0.1) is 0 Å². The van der Waals surface area contributed by atoms with E-state index >= 15 is 0 Å². The lowest BCUT2D eigenvalue weighted by Gasteiger charge is -2.09. The summed E-state index contributed by atoms with van der Waals surface area (Å²) in [6, 6.07) is 5.76. The number of carboxylic acids is 1. The second kappa shape index (κ2) is 4.70. The average molecular weight is 232 g/mol. The maximum absolute atomic E-state index is 12.0. The van der Waals surface area contributed by atoms with E-state index in [0.717, 1.165) is 19.3 Å². The zero-order valence-corrected chi connectivity index (χ0v) is 9.90. The SMILES string of the molecule is CC(CC(=O)O)C(=O)c1ccc2c(c1)CCC2. The number of hydrogen-bond acceptors (Lipinski definition) is 2. The van der Waals surface area contributed by atoms with Crippen LogP contribution in [0.25, 0.3) is 0 Å². The van der Waals surface area contributed by atoms with Gasteiger partial charge in [-0.05, 0) is 36.5 Å². The van der Waals surface area contributed by atoms with Crippen LogP contribution in [0.2, 0.25) is 0 Å². The van der Waals surface area contributed by atoms with Gasteiger partial charge in [-0.3, -0.25) is 9.59 Å². The van der Waals surface area contributed by atoms with Gasteiger partial charge < -0.3 is 5.11 Å². The third-order valence-corrected chi connectivity index (χ3v) is 3.31. The van der Waals surface area contributed by atoms with E-state index in [-0.39, 0.29) is 12.2 Å². The first-order valence-electron chi connectivity index (χ1n) is 5.95. The smallest absolute Gasteiger partial charge is 0.304 e. The first-order chi connectivity index (χ1) is 8.08. The third kappa shape index (κ3) is 2.54. The number of carboxylic acid groups (broad SMARTS) is 1. The lowest BCUT2D eigenvalue weighted by Crippen LogP contribution is -2.15. The number of benzene rings is 1. The molecule has 0 heterocycles. The predicted molar refractivity (Wildman–Crippen MR) is 64.2 cm³/mol. The lowest BCUT2D eigenvalue weighted by molar-refractivity contribution is -0.137. The summed E-state index contributed by atoms with van der Waals surface area (Å²) in [6.07, 6.45) is 3.17. The van der Waals surface area contributed by atoms with E-state index in [4.69, 9.17) is 5.11 Å². The molecule has 90 valence electrons. The largest absolute Gasteiger partial charge is 0.481 e. The van der Waals surface area contributed by atoms with Crippen LogP contribution in [0.5, 0.6) is 0 Å². The van der Waals surface area contributed by atoms with E-state index in [2.05, 4.69) is 0 Å². The Morgan fingerprint density at radius 3 is 2.71 bits per heavy atom. The van der Waals surface area contributed by atoms with E-state index in [0.29, 0.717) is 5.56 Å². The summed E-state index contributed by atoms with van der Waals surface area (Å²) in [5.74, 6) is -1.44. The molecule has 0 bridgehead atoms. The molecule has 0 spiro atoms. The van der Waals surface area contributed by atoms with Gasteiger partial charge in [0.2, 0.25) is 0 Å². The van der Waals surface area contributed by atoms with Crippen LogP contribution in [0, 0.1) is 5.92 Å². The van der Waals surface area contributed by atoms with Gasteiger partial charge in [-0.1, -0.05) is 19.1 Å². The Balaban J connectivity index is 2.17. The molecule has 2 rings (SSSR count). The number of aryl methyl sites for hydroxylation is 2. The molecular formula is C14H16O3. The van der Waals surface area contributed by atoms with Crippen LogP contribution >= 0.6 is 0 Å². The predicted octanol–water partition coefficient (Wildman–Crippen LogP) is 2.47. The van der Waals surface area contributed by atoms with Crippen molar-refractivity contribution in [1.29, 1.82) is 0 Å². The van der Waals surface area contributed by atoms with E-state index in [1.165, 1.54) is 11.1 Å². The van der Waals surface area contributed by atoms with Gasteiger partial charge in [0.25, 0.3) is 0 Å². The minimum Gasteiger partial charge on any atom is -0.481 e. The highest BCUT2D eigenvalue weighted by Gasteiger charge is 2.20. The molecule has 1 aliphatic rings. The maximum Gasteiger partial charge on any atom is 0.304 e. The minimum absolute atomic E-state index is 0.0675. The summed E-state index contributed by atoms with van der Waals surface area (Å²) in [4.78, 5) is 22.6. The molecule has 0 saturated heterocycles. The molecule has 0 fully saturated rings. The van der Waals surface area contributed by atoms with E-state index in [1.54, 1.807) is 6.92 Å².